The van der Waals surface area contributed by atoms with Gasteiger partial charge in [0.15, 0.2) is 5.65 Å². The van der Waals surface area contributed by atoms with E-state index in [-0.39, 0.29) is 12.0 Å². The number of piperidine rings is 1. The summed E-state index contributed by atoms with van der Waals surface area (Å²) in [6.45, 7) is 4.32. The summed E-state index contributed by atoms with van der Waals surface area (Å²) in [7, 11) is 0. The van der Waals surface area contributed by atoms with Crippen LogP contribution in [0.15, 0.2) is 24.3 Å². The van der Waals surface area contributed by atoms with E-state index < -0.39 is 0 Å². The Hall–Kier alpha value is -2.58. The van der Waals surface area contributed by atoms with Crippen LogP contribution in [0.3, 0.4) is 0 Å². The fraction of sp³-hybridized carbons (Fsp3) is 0.500. The summed E-state index contributed by atoms with van der Waals surface area (Å²) in [4.78, 5) is 7.43. The van der Waals surface area contributed by atoms with E-state index in [9.17, 15) is 10.4 Å². The number of aliphatic hydroxyl groups excluding tert-OH is 1. The van der Waals surface area contributed by atoms with Gasteiger partial charge in [-0.15, -0.1) is 0 Å². The number of para-hydroxylation sites is 2. The van der Waals surface area contributed by atoms with Crippen molar-refractivity contribution < 1.29 is 5.11 Å². The van der Waals surface area contributed by atoms with Gasteiger partial charge in [-0.05, 0) is 67.1 Å². The molecule has 5 nitrogen and oxygen atoms in total. The van der Waals surface area contributed by atoms with Crippen LogP contribution in [0.5, 0.6) is 0 Å². The largest absolute Gasteiger partial charge is 0.396 e. The van der Waals surface area contributed by atoms with Crippen LogP contribution in [-0.2, 0) is 0 Å². The number of nitriles is 1. The van der Waals surface area contributed by atoms with Crippen LogP contribution in [0.2, 0.25) is 0 Å². The number of aromatic nitrogens is 2. The quantitative estimate of drug-likeness (QED) is 0.712. The van der Waals surface area contributed by atoms with Crippen LogP contribution in [0.25, 0.3) is 16.7 Å². The van der Waals surface area contributed by atoms with Crippen molar-refractivity contribution in [2.75, 3.05) is 24.6 Å². The Morgan fingerprint density at radius 2 is 1.90 bits per heavy atom. The molecule has 1 saturated heterocycles. The van der Waals surface area contributed by atoms with Crippen molar-refractivity contribution in [1.82, 2.24) is 9.38 Å². The van der Waals surface area contributed by atoms with Crippen LogP contribution < -0.4 is 4.90 Å². The fourth-order valence-corrected chi connectivity index (χ4v) is 6.07. The zero-order valence-electron chi connectivity index (χ0n) is 16.9. The van der Waals surface area contributed by atoms with Gasteiger partial charge in [0, 0.05) is 25.3 Å². The molecular weight excluding hydrogens is 360 g/mol. The van der Waals surface area contributed by atoms with Crippen LogP contribution in [0.1, 0.15) is 67.6 Å². The molecule has 2 aromatic heterocycles. The van der Waals surface area contributed by atoms with Crippen molar-refractivity contribution in [1.29, 1.82) is 5.26 Å². The molecular formula is C24H26N4O. The molecule has 148 valence electrons. The van der Waals surface area contributed by atoms with Crippen molar-refractivity contribution in [2.45, 2.75) is 50.9 Å². The topological polar surface area (TPSA) is 64.6 Å². The van der Waals surface area contributed by atoms with Gasteiger partial charge in [0.1, 0.15) is 11.9 Å². The molecule has 3 aromatic rings. The predicted octanol–water partition coefficient (Wildman–Crippen LogP) is 4.32. The van der Waals surface area contributed by atoms with Gasteiger partial charge in [-0.2, -0.15) is 5.26 Å². The molecule has 3 heterocycles. The maximum Gasteiger partial charge on any atom is 0.157 e. The molecule has 2 unspecified atom stereocenters. The number of fused-ring (bicyclic) bond motifs is 8. The first-order chi connectivity index (χ1) is 14.1. The summed E-state index contributed by atoms with van der Waals surface area (Å²) in [6, 6.07) is 10.8. The lowest BCUT2D eigenvalue weighted by Crippen LogP contribution is -2.41. The Morgan fingerprint density at radius 3 is 2.62 bits per heavy atom. The van der Waals surface area contributed by atoms with Crippen molar-refractivity contribution in [2.24, 2.45) is 5.41 Å². The Kier molecular flexibility index (Phi) is 3.56. The van der Waals surface area contributed by atoms with Crippen LogP contribution in [-0.4, -0.2) is 34.2 Å². The summed E-state index contributed by atoms with van der Waals surface area (Å²) in [5.74, 6) is 2.35. The molecule has 2 atom stereocenters. The van der Waals surface area contributed by atoms with Crippen LogP contribution in [0.4, 0.5) is 5.82 Å². The molecule has 2 fully saturated rings. The molecule has 1 N–H and O–H groups in total. The molecule has 0 amide bonds. The highest BCUT2D eigenvalue weighted by molar-refractivity contribution is 5.87. The summed E-state index contributed by atoms with van der Waals surface area (Å²) in [5.41, 5.74) is 6.39. The van der Waals surface area contributed by atoms with E-state index in [2.05, 4.69) is 34.4 Å². The molecule has 1 aliphatic heterocycles. The Labute approximate surface area is 170 Å². The number of anilines is 1. The zero-order valence-corrected chi connectivity index (χ0v) is 16.9. The second-order valence-corrected chi connectivity index (χ2v) is 9.56. The van der Waals surface area contributed by atoms with E-state index in [1.807, 2.05) is 12.1 Å². The van der Waals surface area contributed by atoms with E-state index >= 15 is 0 Å². The third-order valence-corrected chi connectivity index (χ3v) is 7.81. The third-order valence-electron chi connectivity index (χ3n) is 7.81. The minimum atomic E-state index is 0.0153. The lowest BCUT2D eigenvalue weighted by Gasteiger charge is -2.41. The molecule has 0 spiro atoms. The lowest BCUT2D eigenvalue weighted by atomic mass is 9.81. The monoisotopic (exact) mass is 386 g/mol. The number of hydrogen-bond donors (Lipinski definition) is 1. The molecule has 29 heavy (non-hydrogen) atoms. The number of benzene rings is 1. The SMILES string of the molecule is CC1(CO)CCN(c2c3c(c(C#N)c4nc5ccccc5n24)C2CCC3C2)CC1. The molecule has 2 bridgehead atoms. The summed E-state index contributed by atoms with van der Waals surface area (Å²) >= 11 is 0. The van der Waals surface area contributed by atoms with Gasteiger partial charge >= 0.3 is 0 Å². The van der Waals surface area contributed by atoms with Gasteiger partial charge in [0.05, 0.1) is 16.6 Å². The van der Waals surface area contributed by atoms with Crippen LogP contribution >= 0.6 is 0 Å². The molecule has 2 aliphatic carbocycles. The smallest absolute Gasteiger partial charge is 0.157 e. The van der Waals surface area contributed by atoms with Gasteiger partial charge in [-0.3, -0.25) is 4.40 Å². The van der Waals surface area contributed by atoms with Gasteiger partial charge < -0.3 is 10.0 Å². The maximum absolute atomic E-state index is 10.1. The highest BCUT2D eigenvalue weighted by Crippen LogP contribution is 2.58. The van der Waals surface area contributed by atoms with Crippen molar-refractivity contribution in [3.8, 4) is 6.07 Å². The average molecular weight is 386 g/mol. The number of aliphatic hydroxyl groups is 1. The fourth-order valence-electron chi connectivity index (χ4n) is 6.07. The maximum atomic E-state index is 10.1. The van der Waals surface area contributed by atoms with Crippen molar-refractivity contribution in [3.05, 3.63) is 41.0 Å². The van der Waals surface area contributed by atoms with Crippen LogP contribution in [0, 0.1) is 16.7 Å². The molecule has 0 radical (unpaired) electrons. The summed E-state index contributed by atoms with van der Waals surface area (Å²) in [6.07, 6.45) is 5.59. The first kappa shape index (κ1) is 17.3. The second kappa shape index (κ2) is 5.96. The first-order valence-corrected chi connectivity index (χ1v) is 10.9. The van der Waals surface area contributed by atoms with Crippen molar-refractivity contribution in [3.63, 3.8) is 0 Å². The van der Waals surface area contributed by atoms with E-state index in [0.717, 1.165) is 48.2 Å². The Balaban J connectivity index is 1.66. The second-order valence-electron chi connectivity index (χ2n) is 9.56. The van der Waals surface area contributed by atoms with E-state index in [4.69, 9.17) is 4.98 Å². The molecule has 5 heteroatoms. The minimum absolute atomic E-state index is 0.0153. The summed E-state index contributed by atoms with van der Waals surface area (Å²) in [5, 5.41) is 19.9. The number of pyridine rings is 1. The van der Waals surface area contributed by atoms with E-state index in [1.54, 1.807) is 0 Å². The van der Waals surface area contributed by atoms with Gasteiger partial charge in [-0.25, -0.2) is 4.98 Å². The lowest BCUT2D eigenvalue weighted by molar-refractivity contribution is 0.114. The normalized spacial score (nSPS) is 24.9. The number of rotatable bonds is 2. The first-order valence-electron chi connectivity index (χ1n) is 10.9. The standard InChI is InChI=1S/C24H26N4O/c1-24(14-29)8-10-27(11-9-24)23-21-16-7-6-15(12-16)20(21)17(13-25)22-26-18-4-2-3-5-19(18)28(22)23/h2-5,15-16,29H,6-12,14H2,1H3. The molecule has 6 rings (SSSR count). The highest BCUT2D eigenvalue weighted by Gasteiger charge is 2.44. The predicted molar refractivity (Wildman–Crippen MR) is 113 cm³/mol. The third kappa shape index (κ3) is 2.27. The van der Waals surface area contributed by atoms with E-state index in [0.29, 0.717) is 11.8 Å². The number of hydrogen-bond acceptors (Lipinski definition) is 4. The Bertz CT molecular complexity index is 1180. The molecule has 3 aliphatic rings. The molecule has 1 saturated carbocycles. The number of nitrogens with zero attached hydrogens (tertiary/aromatic N) is 4. The summed E-state index contributed by atoms with van der Waals surface area (Å²) < 4.78 is 2.27. The van der Waals surface area contributed by atoms with Gasteiger partial charge in [0.2, 0.25) is 0 Å². The average Bonchev–Trinajstić information content (AvgIpc) is 3.46. The number of imidazole rings is 1. The highest BCUT2D eigenvalue weighted by atomic mass is 16.3. The van der Waals surface area contributed by atoms with Gasteiger partial charge in [0.25, 0.3) is 0 Å². The van der Waals surface area contributed by atoms with Crippen molar-refractivity contribution >= 4 is 22.5 Å². The van der Waals surface area contributed by atoms with E-state index in [1.165, 1.54) is 36.2 Å². The Morgan fingerprint density at radius 1 is 1.17 bits per heavy atom. The molecule has 1 aromatic carbocycles. The minimum Gasteiger partial charge on any atom is -0.396 e. The van der Waals surface area contributed by atoms with Gasteiger partial charge in [-0.1, -0.05) is 19.1 Å². The zero-order chi connectivity index (χ0) is 19.8.